The van der Waals surface area contributed by atoms with E-state index in [9.17, 15) is 14.4 Å². The first kappa shape index (κ1) is 29.4. The van der Waals surface area contributed by atoms with E-state index < -0.39 is 29.4 Å². The summed E-state index contributed by atoms with van der Waals surface area (Å²) in [4.78, 5) is 28.1. The van der Waals surface area contributed by atoms with E-state index in [2.05, 4.69) is 17.5 Å². The van der Waals surface area contributed by atoms with Gasteiger partial charge in [0.25, 0.3) is 5.91 Å². The molecule has 2 aliphatic carbocycles. The summed E-state index contributed by atoms with van der Waals surface area (Å²) in [6.07, 6.45) is 5.55. The number of carbonyl (C=O) groups is 1. The topological polar surface area (TPSA) is 85.6 Å². The van der Waals surface area contributed by atoms with Crippen LogP contribution >= 0.6 is 11.6 Å². The maximum absolute atomic E-state index is 17.1. The highest BCUT2D eigenvalue weighted by Gasteiger charge is 2.52. The molecular weight excluding hydrogens is 586 g/mol. The number of nitrogens with zero attached hydrogens (tertiary/aromatic N) is 6. The van der Waals surface area contributed by atoms with Gasteiger partial charge in [0.15, 0.2) is 12.0 Å². The first-order valence-corrected chi connectivity index (χ1v) is 16.1. The van der Waals surface area contributed by atoms with Crippen molar-refractivity contribution >= 4 is 23.3 Å². The number of anilines is 1. The van der Waals surface area contributed by atoms with E-state index in [1.54, 1.807) is 0 Å². The number of piperazine rings is 1. The van der Waals surface area contributed by atoms with Crippen LogP contribution in [0.5, 0.6) is 6.01 Å². The molecule has 3 atom stereocenters. The van der Waals surface area contributed by atoms with Gasteiger partial charge in [0.1, 0.15) is 12.4 Å². The van der Waals surface area contributed by atoms with Crippen LogP contribution in [0.25, 0.3) is 0 Å². The van der Waals surface area contributed by atoms with Gasteiger partial charge in [-0.15, -0.1) is 0 Å². The number of aromatic nitrogens is 2. The molecule has 232 valence electrons. The third-order valence-electron chi connectivity index (χ3n) is 10.9. The van der Waals surface area contributed by atoms with Crippen molar-refractivity contribution in [3.8, 4) is 12.1 Å². The molecule has 4 heterocycles. The minimum atomic E-state index is -1.38. The van der Waals surface area contributed by atoms with Crippen molar-refractivity contribution in [2.75, 3.05) is 44.2 Å². The summed E-state index contributed by atoms with van der Waals surface area (Å²) >= 11 is 6.55. The third-order valence-corrected chi connectivity index (χ3v) is 11.3. The maximum Gasteiger partial charge on any atom is 0.318 e. The van der Waals surface area contributed by atoms with Crippen molar-refractivity contribution in [3.05, 3.63) is 58.0 Å². The van der Waals surface area contributed by atoms with Gasteiger partial charge in [-0.05, 0) is 81.6 Å². The second-order valence-corrected chi connectivity index (χ2v) is 13.5. The minimum absolute atomic E-state index is 0.0247. The van der Waals surface area contributed by atoms with Crippen LogP contribution in [0.3, 0.4) is 0 Å². The van der Waals surface area contributed by atoms with E-state index in [0.29, 0.717) is 48.9 Å². The molecule has 1 amide bonds. The summed E-state index contributed by atoms with van der Waals surface area (Å²) < 4.78 is 37.4. The number of hydrogen-bond acceptors (Lipinski definition) is 7. The number of nitriles is 1. The molecule has 8 nitrogen and oxygen atoms in total. The smallest absolute Gasteiger partial charge is 0.318 e. The fourth-order valence-electron chi connectivity index (χ4n) is 8.68. The fraction of sp³-hybridized carbons (Fsp3) is 0.576. The number of carbonyl (C=O) groups excluding carboxylic acids is 1. The number of halogens is 3. The molecule has 3 saturated heterocycles. The highest BCUT2D eigenvalue weighted by atomic mass is 35.5. The summed E-state index contributed by atoms with van der Waals surface area (Å²) in [7, 11) is 0. The Balaban J connectivity index is 1.26. The van der Waals surface area contributed by atoms with Gasteiger partial charge < -0.3 is 14.5 Å². The van der Waals surface area contributed by atoms with Crippen LogP contribution in [-0.4, -0.2) is 76.6 Å². The Morgan fingerprint density at radius 2 is 1.86 bits per heavy atom. The molecule has 3 aliphatic heterocycles. The van der Waals surface area contributed by atoms with Crippen molar-refractivity contribution in [1.82, 2.24) is 19.8 Å². The first-order chi connectivity index (χ1) is 21.3. The second kappa shape index (κ2) is 11.3. The maximum atomic E-state index is 17.1. The normalized spacial score (nSPS) is 27.1. The Kier molecular flexibility index (Phi) is 7.53. The van der Waals surface area contributed by atoms with Crippen LogP contribution in [0.4, 0.5) is 14.6 Å². The van der Waals surface area contributed by atoms with Crippen LogP contribution in [-0.2, 0) is 23.1 Å². The number of hydrogen-bond donors (Lipinski definition) is 0. The van der Waals surface area contributed by atoms with Crippen LogP contribution in [0.1, 0.15) is 73.5 Å². The largest absolute Gasteiger partial charge is 0.461 e. The zero-order valence-corrected chi connectivity index (χ0v) is 25.6. The molecule has 1 spiro atoms. The number of rotatable bonds is 6. The third kappa shape index (κ3) is 4.66. The highest BCUT2D eigenvalue weighted by Crippen LogP contribution is 2.57. The van der Waals surface area contributed by atoms with Crippen molar-refractivity contribution in [2.24, 2.45) is 0 Å². The van der Waals surface area contributed by atoms with E-state index in [1.807, 2.05) is 23.1 Å². The summed E-state index contributed by atoms with van der Waals surface area (Å²) in [5.74, 6) is -1.28. The number of alkyl halides is 1. The van der Waals surface area contributed by atoms with Crippen LogP contribution < -0.4 is 9.64 Å². The number of amides is 1. The molecule has 0 N–H and O–H groups in total. The second-order valence-electron chi connectivity index (χ2n) is 13.1. The molecule has 5 aliphatic rings. The number of ether oxygens (including phenoxy) is 1. The molecule has 44 heavy (non-hydrogen) atoms. The van der Waals surface area contributed by atoms with Gasteiger partial charge >= 0.3 is 6.01 Å². The highest BCUT2D eigenvalue weighted by molar-refractivity contribution is 6.31. The zero-order chi connectivity index (χ0) is 30.6. The van der Waals surface area contributed by atoms with Crippen molar-refractivity contribution in [3.63, 3.8) is 0 Å². The molecule has 0 radical (unpaired) electrons. The van der Waals surface area contributed by atoms with Crippen LogP contribution in [0.2, 0.25) is 5.02 Å². The van der Waals surface area contributed by atoms with Gasteiger partial charge in [-0.2, -0.15) is 15.2 Å². The van der Waals surface area contributed by atoms with Gasteiger partial charge in [-0.25, -0.2) is 8.78 Å². The molecule has 3 fully saturated rings. The van der Waals surface area contributed by atoms with Crippen LogP contribution in [0.15, 0.2) is 30.6 Å². The molecule has 2 aromatic rings. The van der Waals surface area contributed by atoms with Crippen molar-refractivity contribution < 1.29 is 18.3 Å². The fourth-order valence-corrected chi connectivity index (χ4v) is 8.94. The van der Waals surface area contributed by atoms with E-state index >= 15 is 4.39 Å². The zero-order valence-electron chi connectivity index (χ0n) is 24.8. The predicted octanol–water partition coefficient (Wildman–Crippen LogP) is 5.39. The van der Waals surface area contributed by atoms with E-state index in [0.717, 1.165) is 61.9 Å². The van der Waals surface area contributed by atoms with Gasteiger partial charge in [0.05, 0.1) is 29.8 Å². The molecule has 0 saturated carbocycles. The number of benzene rings is 1. The lowest BCUT2D eigenvalue weighted by Crippen LogP contribution is -2.55. The van der Waals surface area contributed by atoms with E-state index in [4.69, 9.17) is 26.3 Å². The summed E-state index contributed by atoms with van der Waals surface area (Å²) in [5.41, 5.74) is 2.31. The lowest BCUT2D eigenvalue weighted by Gasteiger charge is -2.43. The number of fused-ring (bicyclic) bond motifs is 4. The minimum Gasteiger partial charge on any atom is -0.461 e. The van der Waals surface area contributed by atoms with Crippen LogP contribution in [0, 0.1) is 11.3 Å². The summed E-state index contributed by atoms with van der Waals surface area (Å²) in [5, 5.41) is 10.2. The van der Waals surface area contributed by atoms with E-state index in [-0.39, 0.29) is 31.1 Å². The standard InChI is InChI=1S/C33H37ClF2N6O2/c1-21(35)30(43)42-18-17-40(19-22(42)9-14-37)29-24-8-13-33(12-7-23-25(33)5-2-6-26(23)34)28(36)27(24)38-31(39-29)44-20-32-10-3-15-41(32)16-4-11-32/h2,5-6,22,28H,1,3-4,7-13,15-20H2/t22-,28-,33+/m0/s1. The molecular formula is C33H37ClF2N6O2. The molecule has 0 bridgehead atoms. The van der Waals surface area contributed by atoms with Gasteiger partial charge in [0, 0.05) is 35.6 Å². The Bertz CT molecular complexity index is 1540. The predicted molar refractivity (Wildman–Crippen MR) is 162 cm³/mol. The Morgan fingerprint density at radius 3 is 2.59 bits per heavy atom. The molecule has 11 heteroatoms. The summed E-state index contributed by atoms with van der Waals surface area (Å²) in [6, 6.07) is 7.48. The lowest BCUT2D eigenvalue weighted by molar-refractivity contribution is -0.131. The SMILES string of the molecule is C=C(F)C(=O)N1CCN(c2nc(OCC34CCCN3CCC4)nc3c2CC[C@@]2(CCc4c(Cl)cccc42)[C@H]3F)C[C@@H]1CC#N. The van der Waals surface area contributed by atoms with Gasteiger partial charge in [0.2, 0.25) is 0 Å². The molecule has 1 aromatic heterocycles. The molecule has 0 unspecified atom stereocenters. The Hall–Kier alpha value is -3.29. The van der Waals surface area contributed by atoms with E-state index in [1.165, 1.54) is 4.90 Å². The van der Waals surface area contributed by atoms with Crippen molar-refractivity contribution in [2.45, 2.75) is 81.0 Å². The lowest BCUT2D eigenvalue weighted by atomic mass is 9.68. The molecule has 1 aromatic carbocycles. The van der Waals surface area contributed by atoms with Gasteiger partial charge in [-0.3, -0.25) is 9.69 Å². The van der Waals surface area contributed by atoms with Gasteiger partial charge in [-0.1, -0.05) is 30.3 Å². The first-order valence-electron chi connectivity index (χ1n) is 15.7. The Morgan fingerprint density at radius 1 is 1.11 bits per heavy atom. The average molecular weight is 623 g/mol. The average Bonchev–Trinajstić information content (AvgIpc) is 3.72. The summed E-state index contributed by atoms with van der Waals surface area (Å²) in [6.45, 7) is 6.53. The quantitative estimate of drug-likeness (QED) is 0.399. The Labute approximate surface area is 261 Å². The molecule has 7 rings (SSSR count). The monoisotopic (exact) mass is 622 g/mol. The van der Waals surface area contributed by atoms with Crippen molar-refractivity contribution in [1.29, 1.82) is 5.26 Å².